The summed E-state index contributed by atoms with van der Waals surface area (Å²) in [6, 6.07) is 20.1. The predicted octanol–water partition coefficient (Wildman–Crippen LogP) is 2.96. The van der Waals surface area contributed by atoms with Crippen LogP contribution in [-0.2, 0) is 10.2 Å². The molecule has 0 radical (unpaired) electrons. The minimum absolute atomic E-state index is 0.0800. The maximum Gasteiger partial charge on any atom is 0.244 e. The second-order valence-electron chi connectivity index (χ2n) is 6.33. The van der Waals surface area contributed by atoms with Crippen LogP contribution >= 0.6 is 0 Å². The Morgan fingerprint density at radius 2 is 1.64 bits per heavy atom. The average Bonchev–Trinajstić information content (AvgIpc) is 3.21. The first-order chi connectivity index (χ1) is 12.1. The topological polar surface area (TPSA) is 59.8 Å². The van der Waals surface area contributed by atoms with Crippen molar-refractivity contribution in [1.82, 2.24) is 20.1 Å². The van der Waals surface area contributed by atoms with Crippen molar-refractivity contribution in [1.29, 1.82) is 0 Å². The molecule has 128 valence electrons. The molecular weight excluding hydrogens is 312 g/mol. The molecule has 1 aromatic heterocycles. The highest BCUT2D eigenvalue weighted by molar-refractivity contribution is 5.79. The summed E-state index contributed by atoms with van der Waals surface area (Å²) in [6.45, 7) is 4.46. The molecule has 5 heteroatoms. The van der Waals surface area contributed by atoms with Crippen LogP contribution in [0.4, 0.5) is 0 Å². The van der Waals surface area contributed by atoms with E-state index < -0.39 is 6.04 Å². The van der Waals surface area contributed by atoms with Crippen LogP contribution in [0.5, 0.6) is 0 Å². The van der Waals surface area contributed by atoms with Crippen molar-refractivity contribution in [3.8, 4) is 0 Å². The van der Waals surface area contributed by atoms with Crippen LogP contribution < -0.4 is 5.32 Å². The number of carbonyl (C=O) groups excluding carboxylic acids is 1. The standard InChI is InChI=1S/C20H22N4O/c1-16(24-15-21-14-23-24)19(25)22-13-20(2,17-9-5-3-6-10-17)18-11-7-4-8-12-18/h3-12,14-16H,13H2,1-2H3,(H,22,25)/t16-/m1/s1. The Kier molecular flexibility index (Phi) is 4.93. The first-order valence-corrected chi connectivity index (χ1v) is 8.34. The van der Waals surface area contributed by atoms with Gasteiger partial charge in [0.2, 0.25) is 5.91 Å². The third-order valence-electron chi connectivity index (χ3n) is 4.65. The SMILES string of the molecule is C[C@H](C(=O)NCC(C)(c1ccccc1)c1ccccc1)n1cncn1. The Bertz CT molecular complexity index is 761. The third kappa shape index (κ3) is 3.60. The monoisotopic (exact) mass is 334 g/mol. The number of aromatic nitrogens is 3. The van der Waals surface area contributed by atoms with E-state index in [2.05, 4.69) is 46.6 Å². The Morgan fingerprint density at radius 3 is 2.12 bits per heavy atom. The minimum atomic E-state index is -0.404. The van der Waals surface area contributed by atoms with E-state index in [0.717, 1.165) is 11.1 Å². The fraction of sp³-hybridized carbons (Fsp3) is 0.250. The van der Waals surface area contributed by atoms with Crippen LogP contribution in [0.3, 0.4) is 0 Å². The Balaban J connectivity index is 1.83. The predicted molar refractivity (Wildman–Crippen MR) is 97.1 cm³/mol. The summed E-state index contributed by atoms with van der Waals surface area (Å²) in [4.78, 5) is 16.5. The van der Waals surface area contributed by atoms with Crippen LogP contribution in [0, 0.1) is 0 Å². The highest BCUT2D eigenvalue weighted by Gasteiger charge is 2.30. The zero-order valence-corrected chi connectivity index (χ0v) is 14.5. The molecule has 0 spiro atoms. The highest BCUT2D eigenvalue weighted by Crippen LogP contribution is 2.31. The van der Waals surface area contributed by atoms with Crippen molar-refractivity contribution in [2.24, 2.45) is 0 Å². The zero-order valence-electron chi connectivity index (χ0n) is 14.5. The number of nitrogens with zero attached hydrogens (tertiary/aromatic N) is 3. The molecule has 5 nitrogen and oxygen atoms in total. The summed E-state index contributed by atoms with van der Waals surface area (Å²) in [5.41, 5.74) is 2.00. The Labute approximate surface area is 147 Å². The van der Waals surface area contributed by atoms with Crippen molar-refractivity contribution in [3.63, 3.8) is 0 Å². The molecule has 0 aliphatic heterocycles. The molecule has 0 aliphatic carbocycles. The number of benzene rings is 2. The lowest BCUT2D eigenvalue weighted by Crippen LogP contribution is -2.42. The molecule has 25 heavy (non-hydrogen) atoms. The number of amides is 1. The first-order valence-electron chi connectivity index (χ1n) is 8.34. The molecular formula is C20H22N4O. The lowest BCUT2D eigenvalue weighted by Gasteiger charge is -2.31. The van der Waals surface area contributed by atoms with Gasteiger partial charge in [-0.3, -0.25) is 4.79 Å². The maximum absolute atomic E-state index is 12.6. The maximum atomic E-state index is 12.6. The van der Waals surface area contributed by atoms with Crippen LogP contribution in [0.2, 0.25) is 0 Å². The van der Waals surface area contributed by atoms with Crippen LogP contribution in [0.15, 0.2) is 73.3 Å². The van der Waals surface area contributed by atoms with Gasteiger partial charge in [0.15, 0.2) is 0 Å². The molecule has 0 bridgehead atoms. The van der Waals surface area contributed by atoms with Crippen molar-refractivity contribution in [2.75, 3.05) is 6.54 Å². The van der Waals surface area contributed by atoms with E-state index in [1.807, 2.05) is 43.3 Å². The first kappa shape index (κ1) is 16.9. The normalized spacial score (nSPS) is 12.6. The molecule has 0 saturated heterocycles. The van der Waals surface area contributed by atoms with E-state index in [9.17, 15) is 4.79 Å². The van der Waals surface area contributed by atoms with E-state index in [1.165, 1.54) is 6.33 Å². The molecule has 1 heterocycles. The van der Waals surface area contributed by atoms with Gasteiger partial charge in [-0.2, -0.15) is 5.10 Å². The lowest BCUT2D eigenvalue weighted by molar-refractivity contribution is -0.124. The number of hydrogen-bond acceptors (Lipinski definition) is 3. The van der Waals surface area contributed by atoms with E-state index in [4.69, 9.17) is 0 Å². The van der Waals surface area contributed by atoms with Gasteiger partial charge in [0.05, 0.1) is 0 Å². The second kappa shape index (κ2) is 7.30. The summed E-state index contributed by atoms with van der Waals surface area (Å²) >= 11 is 0. The minimum Gasteiger partial charge on any atom is -0.353 e. The van der Waals surface area contributed by atoms with Crippen molar-refractivity contribution >= 4 is 5.91 Å². The smallest absolute Gasteiger partial charge is 0.244 e. The number of rotatable bonds is 6. The van der Waals surface area contributed by atoms with Crippen molar-refractivity contribution in [3.05, 3.63) is 84.4 Å². The van der Waals surface area contributed by atoms with Crippen LogP contribution in [0.1, 0.15) is 31.0 Å². The molecule has 0 unspecified atom stereocenters. The Morgan fingerprint density at radius 1 is 1.08 bits per heavy atom. The average molecular weight is 334 g/mol. The second-order valence-corrected chi connectivity index (χ2v) is 6.33. The van der Waals surface area contributed by atoms with E-state index in [-0.39, 0.29) is 11.3 Å². The summed E-state index contributed by atoms with van der Waals surface area (Å²) in [7, 11) is 0. The van der Waals surface area contributed by atoms with Gasteiger partial charge in [0.25, 0.3) is 0 Å². The number of nitrogens with one attached hydrogen (secondary N) is 1. The van der Waals surface area contributed by atoms with Gasteiger partial charge >= 0.3 is 0 Å². The Hall–Kier alpha value is -2.95. The largest absolute Gasteiger partial charge is 0.353 e. The van der Waals surface area contributed by atoms with Gasteiger partial charge in [-0.25, -0.2) is 9.67 Å². The highest BCUT2D eigenvalue weighted by atomic mass is 16.2. The summed E-state index contributed by atoms with van der Waals surface area (Å²) < 4.78 is 1.55. The fourth-order valence-corrected chi connectivity index (χ4v) is 2.93. The van der Waals surface area contributed by atoms with Crippen LogP contribution in [-0.4, -0.2) is 27.2 Å². The van der Waals surface area contributed by atoms with E-state index in [1.54, 1.807) is 11.0 Å². The molecule has 0 saturated carbocycles. The van der Waals surface area contributed by atoms with Gasteiger partial charge in [-0.05, 0) is 25.0 Å². The fourth-order valence-electron chi connectivity index (χ4n) is 2.93. The molecule has 0 aliphatic rings. The van der Waals surface area contributed by atoms with Gasteiger partial charge in [-0.15, -0.1) is 0 Å². The molecule has 1 amide bonds. The van der Waals surface area contributed by atoms with Gasteiger partial charge in [-0.1, -0.05) is 60.7 Å². The molecule has 3 aromatic rings. The number of hydrogen-bond donors (Lipinski definition) is 1. The zero-order chi connectivity index (χ0) is 17.7. The summed E-state index contributed by atoms with van der Waals surface area (Å²) in [6.07, 6.45) is 2.99. The third-order valence-corrected chi connectivity index (χ3v) is 4.65. The lowest BCUT2D eigenvalue weighted by atomic mass is 9.76. The van der Waals surface area contributed by atoms with E-state index in [0.29, 0.717) is 6.54 Å². The molecule has 1 N–H and O–H groups in total. The molecule has 2 aromatic carbocycles. The van der Waals surface area contributed by atoms with Crippen molar-refractivity contribution < 1.29 is 4.79 Å². The number of carbonyl (C=O) groups is 1. The summed E-state index contributed by atoms with van der Waals surface area (Å²) in [5.74, 6) is -0.0800. The quantitative estimate of drug-likeness (QED) is 0.754. The molecule has 3 rings (SSSR count). The summed E-state index contributed by atoms with van der Waals surface area (Å²) in [5, 5.41) is 7.12. The van der Waals surface area contributed by atoms with Gasteiger partial charge in [0, 0.05) is 12.0 Å². The van der Waals surface area contributed by atoms with E-state index >= 15 is 0 Å². The van der Waals surface area contributed by atoms with Gasteiger partial charge < -0.3 is 5.32 Å². The molecule has 0 fully saturated rings. The van der Waals surface area contributed by atoms with Gasteiger partial charge in [0.1, 0.15) is 18.7 Å². The van der Waals surface area contributed by atoms with Crippen LogP contribution in [0.25, 0.3) is 0 Å². The molecule has 1 atom stereocenters. The van der Waals surface area contributed by atoms with Crippen molar-refractivity contribution in [2.45, 2.75) is 25.3 Å².